The molecule has 0 unspecified atom stereocenters. The Labute approximate surface area is 228 Å². The number of sulfonamides is 1. The van der Waals surface area contributed by atoms with E-state index >= 15 is 0 Å². The molecule has 0 saturated carbocycles. The van der Waals surface area contributed by atoms with Gasteiger partial charge >= 0.3 is 0 Å². The summed E-state index contributed by atoms with van der Waals surface area (Å²) >= 11 is 0. The van der Waals surface area contributed by atoms with Gasteiger partial charge in [0.2, 0.25) is 15.9 Å². The topological polar surface area (TPSA) is 105 Å². The summed E-state index contributed by atoms with van der Waals surface area (Å²) in [4.78, 5) is 26.1. The van der Waals surface area contributed by atoms with Crippen LogP contribution >= 0.6 is 0 Å². The molecule has 0 radical (unpaired) electrons. The van der Waals surface area contributed by atoms with Crippen LogP contribution in [-0.4, -0.2) is 32.5 Å². The van der Waals surface area contributed by atoms with Crippen LogP contribution in [0.15, 0.2) is 109 Å². The number of amides is 2. The van der Waals surface area contributed by atoms with E-state index in [4.69, 9.17) is 4.74 Å². The number of nitrogens with zero attached hydrogens (tertiary/aromatic N) is 1. The molecule has 0 heterocycles. The fraction of sp³-hybridized carbons (Fsp3) is 0.133. The van der Waals surface area contributed by atoms with E-state index in [1.54, 1.807) is 48.5 Å². The molecule has 4 aromatic rings. The van der Waals surface area contributed by atoms with Gasteiger partial charge in [-0.1, -0.05) is 60.7 Å². The van der Waals surface area contributed by atoms with E-state index in [0.717, 1.165) is 16.1 Å². The van der Waals surface area contributed by atoms with Crippen molar-refractivity contribution in [2.24, 2.45) is 0 Å². The van der Waals surface area contributed by atoms with Gasteiger partial charge in [-0.05, 0) is 61.0 Å². The molecule has 0 bridgehead atoms. The Balaban J connectivity index is 1.49. The van der Waals surface area contributed by atoms with Crippen molar-refractivity contribution in [2.45, 2.75) is 19.5 Å². The predicted molar refractivity (Wildman–Crippen MR) is 152 cm³/mol. The van der Waals surface area contributed by atoms with Crippen molar-refractivity contribution in [3.8, 4) is 11.5 Å². The van der Waals surface area contributed by atoms with E-state index in [9.17, 15) is 18.0 Å². The number of rotatable bonds is 10. The summed E-state index contributed by atoms with van der Waals surface area (Å²) in [5, 5.41) is 5.57. The van der Waals surface area contributed by atoms with E-state index in [1.165, 1.54) is 6.92 Å². The van der Waals surface area contributed by atoms with Gasteiger partial charge in [0, 0.05) is 6.54 Å². The molecule has 200 valence electrons. The average molecular weight is 544 g/mol. The highest BCUT2D eigenvalue weighted by atomic mass is 32.2. The fourth-order valence-corrected chi connectivity index (χ4v) is 5.17. The van der Waals surface area contributed by atoms with Crippen LogP contribution in [0.25, 0.3) is 0 Å². The Kier molecular flexibility index (Phi) is 8.63. The van der Waals surface area contributed by atoms with E-state index in [1.807, 2.05) is 60.7 Å². The third kappa shape index (κ3) is 7.24. The van der Waals surface area contributed by atoms with Crippen molar-refractivity contribution in [2.75, 3.05) is 15.9 Å². The lowest BCUT2D eigenvalue weighted by molar-refractivity contribution is -0.116. The molecule has 0 fully saturated rings. The Bertz CT molecular complexity index is 1530. The molecule has 2 N–H and O–H groups in total. The van der Waals surface area contributed by atoms with Crippen molar-refractivity contribution in [3.63, 3.8) is 0 Å². The largest absolute Gasteiger partial charge is 0.457 e. The van der Waals surface area contributed by atoms with Crippen LogP contribution < -0.4 is 19.7 Å². The number of hydrogen-bond acceptors (Lipinski definition) is 5. The molecular formula is C30H29N3O5S. The Morgan fingerprint density at radius 2 is 1.36 bits per heavy atom. The summed E-state index contributed by atoms with van der Waals surface area (Å²) in [6.07, 6.45) is 1.04. The second kappa shape index (κ2) is 12.3. The van der Waals surface area contributed by atoms with Crippen molar-refractivity contribution in [3.05, 3.63) is 120 Å². The molecule has 0 aliphatic heterocycles. The molecule has 0 spiro atoms. The fourth-order valence-electron chi connectivity index (χ4n) is 4.00. The third-order valence-corrected chi connectivity index (χ3v) is 7.13. The molecule has 4 aromatic carbocycles. The number of para-hydroxylation sites is 2. The third-order valence-electron chi connectivity index (χ3n) is 5.88. The van der Waals surface area contributed by atoms with E-state index in [2.05, 4.69) is 10.6 Å². The zero-order valence-electron chi connectivity index (χ0n) is 21.6. The van der Waals surface area contributed by atoms with E-state index in [0.29, 0.717) is 23.7 Å². The van der Waals surface area contributed by atoms with Crippen molar-refractivity contribution in [1.29, 1.82) is 0 Å². The number of benzene rings is 4. The Morgan fingerprint density at radius 3 is 2.00 bits per heavy atom. The van der Waals surface area contributed by atoms with Crippen LogP contribution in [0.4, 0.5) is 11.4 Å². The van der Waals surface area contributed by atoms with Gasteiger partial charge < -0.3 is 15.4 Å². The molecule has 0 aliphatic carbocycles. The second-order valence-corrected chi connectivity index (χ2v) is 10.7. The Morgan fingerprint density at radius 1 is 0.795 bits per heavy atom. The highest BCUT2D eigenvalue weighted by Gasteiger charge is 2.30. The van der Waals surface area contributed by atoms with Gasteiger partial charge in [0.05, 0.1) is 23.2 Å². The summed E-state index contributed by atoms with van der Waals surface area (Å²) in [5.41, 5.74) is 1.78. The zero-order chi connectivity index (χ0) is 27.8. The number of carbonyl (C=O) groups excluding carboxylic acids is 2. The summed E-state index contributed by atoms with van der Waals surface area (Å²) in [5.74, 6) is 0.208. The maximum absolute atomic E-state index is 13.3. The minimum absolute atomic E-state index is 0.266. The molecule has 9 heteroatoms. The van der Waals surface area contributed by atoms with E-state index in [-0.39, 0.29) is 17.2 Å². The molecule has 39 heavy (non-hydrogen) atoms. The maximum atomic E-state index is 13.3. The van der Waals surface area contributed by atoms with Crippen LogP contribution in [0, 0.1) is 0 Å². The standard InChI is InChI=1S/C30H29N3O5S/c1-22(33(39(2,36)37)24-17-19-26(20-18-24)38-25-13-7-4-8-14-25)29(34)32-28-16-10-9-15-27(28)30(35)31-21-23-11-5-3-6-12-23/h3-20,22H,21H2,1-2H3,(H,31,35)(H,32,34)/t22-/m0/s1. The first-order valence-electron chi connectivity index (χ1n) is 12.3. The molecule has 4 rings (SSSR count). The minimum atomic E-state index is -3.84. The predicted octanol–water partition coefficient (Wildman–Crippen LogP) is 5.20. The van der Waals surface area contributed by atoms with Crippen LogP contribution in [0.5, 0.6) is 11.5 Å². The van der Waals surface area contributed by atoms with Gasteiger partial charge in [0.1, 0.15) is 17.5 Å². The number of nitrogens with one attached hydrogen (secondary N) is 2. The molecule has 2 amide bonds. The lowest BCUT2D eigenvalue weighted by atomic mass is 10.1. The zero-order valence-corrected chi connectivity index (χ0v) is 22.4. The first kappa shape index (κ1) is 27.4. The first-order valence-corrected chi connectivity index (χ1v) is 14.1. The summed E-state index contributed by atoms with van der Waals surface area (Å²) in [7, 11) is -3.84. The molecular weight excluding hydrogens is 514 g/mol. The normalized spacial score (nSPS) is 11.7. The van der Waals surface area contributed by atoms with Crippen LogP contribution in [0.3, 0.4) is 0 Å². The van der Waals surface area contributed by atoms with Crippen LogP contribution in [0.1, 0.15) is 22.8 Å². The number of anilines is 2. The molecule has 0 aromatic heterocycles. The first-order chi connectivity index (χ1) is 18.7. The Hall–Kier alpha value is -4.63. The highest BCUT2D eigenvalue weighted by Crippen LogP contribution is 2.27. The van der Waals surface area contributed by atoms with Crippen molar-refractivity contribution in [1.82, 2.24) is 5.32 Å². The quantitative estimate of drug-likeness (QED) is 0.286. The van der Waals surface area contributed by atoms with Crippen LogP contribution in [-0.2, 0) is 21.4 Å². The SMILES string of the molecule is C[C@@H](C(=O)Nc1ccccc1C(=O)NCc1ccccc1)N(c1ccc(Oc2ccccc2)cc1)S(C)(=O)=O. The maximum Gasteiger partial charge on any atom is 0.253 e. The van der Waals surface area contributed by atoms with Crippen molar-refractivity contribution >= 4 is 33.2 Å². The van der Waals surface area contributed by atoms with Gasteiger partial charge in [0.25, 0.3) is 5.91 Å². The smallest absolute Gasteiger partial charge is 0.253 e. The molecule has 0 saturated heterocycles. The van der Waals surface area contributed by atoms with Gasteiger partial charge in [-0.15, -0.1) is 0 Å². The van der Waals surface area contributed by atoms with Gasteiger partial charge in [0.15, 0.2) is 0 Å². The summed E-state index contributed by atoms with van der Waals surface area (Å²) in [6.45, 7) is 1.81. The second-order valence-electron chi connectivity index (χ2n) is 8.85. The lowest BCUT2D eigenvalue weighted by Crippen LogP contribution is -2.45. The van der Waals surface area contributed by atoms with Gasteiger partial charge in [-0.25, -0.2) is 8.42 Å². The number of hydrogen-bond donors (Lipinski definition) is 2. The number of ether oxygens (including phenoxy) is 1. The lowest BCUT2D eigenvalue weighted by Gasteiger charge is -2.28. The van der Waals surface area contributed by atoms with Crippen LogP contribution in [0.2, 0.25) is 0 Å². The minimum Gasteiger partial charge on any atom is -0.457 e. The van der Waals surface area contributed by atoms with E-state index < -0.39 is 22.0 Å². The van der Waals surface area contributed by atoms with Crippen molar-refractivity contribution < 1.29 is 22.7 Å². The monoisotopic (exact) mass is 543 g/mol. The van der Waals surface area contributed by atoms with Gasteiger partial charge in [-0.3, -0.25) is 13.9 Å². The number of carbonyl (C=O) groups is 2. The highest BCUT2D eigenvalue weighted by molar-refractivity contribution is 7.92. The summed E-state index contributed by atoms with van der Waals surface area (Å²) < 4.78 is 32.3. The van der Waals surface area contributed by atoms with Gasteiger partial charge in [-0.2, -0.15) is 0 Å². The average Bonchev–Trinajstić information content (AvgIpc) is 2.93. The molecule has 1 atom stereocenters. The molecule has 8 nitrogen and oxygen atoms in total. The summed E-state index contributed by atoms with van der Waals surface area (Å²) in [6, 6.07) is 30.5. The molecule has 0 aliphatic rings.